The van der Waals surface area contributed by atoms with Crippen LogP contribution in [0.3, 0.4) is 0 Å². The number of rotatable bonds is 4. The largest absolute Gasteiger partial charge is 0.129 e. The summed E-state index contributed by atoms with van der Waals surface area (Å²) in [5.74, 6) is 0. The highest BCUT2D eigenvalue weighted by Gasteiger charge is 2.13. The molecule has 1 atom stereocenters. The summed E-state index contributed by atoms with van der Waals surface area (Å²) >= 11 is 11.8. The maximum Gasteiger partial charge on any atom is 0.0447 e. The maximum absolute atomic E-state index is 6.20. The molecule has 0 bridgehead atoms. The molecule has 0 spiro atoms. The summed E-state index contributed by atoms with van der Waals surface area (Å²) in [6.45, 7) is 0. The number of hydrogen-bond donors (Lipinski definition) is 0. The zero-order chi connectivity index (χ0) is 13.0. The van der Waals surface area contributed by atoms with Crippen LogP contribution in [0, 0.1) is 0 Å². The lowest BCUT2D eigenvalue weighted by atomic mass is 10.0. The average Bonchev–Trinajstić information content (AvgIpc) is 2.41. The molecule has 0 N–H and O–H groups in total. The van der Waals surface area contributed by atoms with Gasteiger partial charge in [-0.15, -0.1) is 11.8 Å². The summed E-state index contributed by atoms with van der Waals surface area (Å²) < 4.78 is 0. The highest BCUT2D eigenvalue weighted by Crippen LogP contribution is 2.34. The van der Waals surface area contributed by atoms with Gasteiger partial charge in [-0.25, -0.2) is 0 Å². The number of thioether (sulfide) groups is 1. The standard InChI is InChI=1S/C15H14BrClS/c1-18-15-9-5-3-7-12(15)13(16)10-11-6-2-4-8-14(11)17/h2-9,13H,10H2,1H3. The van der Waals surface area contributed by atoms with Gasteiger partial charge >= 0.3 is 0 Å². The third kappa shape index (κ3) is 3.31. The van der Waals surface area contributed by atoms with Gasteiger partial charge in [-0.2, -0.15) is 0 Å². The Morgan fingerprint density at radius 3 is 2.50 bits per heavy atom. The first-order chi connectivity index (χ1) is 8.72. The molecule has 0 amide bonds. The smallest absolute Gasteiger partial charge is 0.0447 e. The topological polar surface area (TPSA) is 0 Å². The van der Waals surface area contributed by atoms with E-state index in [0.29, 0.717) is 4.83 Å². The van der Waals surface area contributed by atoms with E-state index in [-0.39, 0.29) is 0 Å². The van der Waals surface area contributed by atoms with Crippen molar-refractivity contribution in [3.63, 3.8) is 0 Å². The van der Waals surface area contributed by atoms with Crippen molar-refractivity contribution < 1.29 is 0 Å². The van der Waals surface area contributed by atoms with E-state index < -0.39 is 0 Å². The molecule has 0 aromatic heterocycles. The van der Waals surface area contributed by atoms with Crippen LogP contribution in [0.25, 0.3) is 0 Å². The van der Waals surface area contributed by atoms with Crippen LogP contribution in [0.1, 0.15) is 16.0 Å². The molecule has 18 heavy (non-hydrogen) atoms. The maximum atomic E-state index is 6.20. The van der Waals surface area contributed by atoms with Crippen LogP contribution in [0.4, 0.5) is 0 Å². The van der Waals surface area contributed by atoms with Gasteiger partial charge in [0.15, 0.2) is 0 Å². The van der Waals surface area contributed by atoms with Crippen LogP contribution in [0.15, 0.2) is 53.4 Å². The van der Waals surface area contributed by atoms with Crippen molar-refractivity contribution in [2.75, 3.05) is 6.26 Å². The summed E-state index contributed by atoms with van der Waals surface area (Å²) in [5.41, 5.74) is 2.50. The second kappa shape index (κ2) is 6.65. The second-order valence-corrected chi connectivity index (χ2v) is 6.37. The molecule has 2 aromatic carbocycles. The minimum absolute atomic E-state index is 0.293. The minimum Gasteiger partial charge on any atom is -0.129 e. The van der Waals surface area contributed by atoms with Crippen molar-refractivity contribution >= 4 is 39.3 Å². The van der Waals surface area contributed by atoms with Gasteiger partial charge in [0, 0.05) is 14.7 Å². The van der Waals surface area contributed by atoms with Crippen molar-refractivity contribution in [2.24, 2.45) is 0 Å². The van der Waals surface area contributed by atoms with Crippen LogP contribution in [0.5, 0.6) is 0 Å². The van der Waals surface area contributed by atoms with E-state index in [1.165, 1.54) is 16.0 Å². The molecule has 0 aliphatic carbocycles. The number of hydrogen-bond acceptors (Lipinski definition) is 1. The highest BCUT2D eigenvalue weighted by atomic mass is 79.9. The number of benzene rings is 2. The van der Waals surface area contributed by atoms with Crippen molar-refractivity contribution in [1.29, 1.82) is 0 Å². The molecule has 0 fully saturated rings. The molecule has 0 nitrogen and oxygen atoms in total. The van der Waals surface area contributed by atoms with E-state index in [0.717, 1.165) is 11.4 Å². The fourth-order valence-corrected chi connectivity index (χ4v) is 3.67. The lowest BCUT2D eigenvalue weighted by Gasteiger charge is -2.14. The van der Waals surface area contributed by atoms with Gasteiger partial charge in [-0.1, -0.05) is 63.9 Å². The lowest BCUT2D eigenvalue weighted by Crippen LogP contribution is -1.97. The normalized spacial score (nSPS) is 12.4. The summed E-state index contributed by atoms with van der Waals surface area (Å²) in [6, 6.07) is 16.5. The molecular weight excluding hydrogens is 328 g/mol. The van der Waals surface area contributed by atoms with Crippen LogP contribution >= 0.6 is 39.3 Å². The Hall–Kier alpha value is -0.440. The third-order valence-corrected chi connectivity index (χ3v) is 4.83. The van der Waals surface area contributed by atoms with E-state index in [9.17, 15) is 0 Å². The molecule has 0 aliphatic heterocycles. The van der Waals surface area contributed by atoms with E-state index in [1.807, 2.05) is 18.2 Å². The Balaban J connectivity index is 2.22. The predicted octanol–water partition coefficient (Wildman–Crippen LogP) is 5.74. The Kier molecular flexibility index (Phi) is 5.16. The van der Waals surface area contributed by atoms with Crippen molar-refractivity contribution in [1.82, 2.24) is 0 Å². The van der Waals surface area contributed by atoms with E-state index in [1.54, 1.807) is 11.8 Å². The molecule has 0 radical (unpaired) electrons. The Morgan fingerprint density at radius 2 is 1.78 bits per heavy atom. The van der Waals surface area contributed by atoms with Crippen LogP contribution in [-0.2, 0) is 6.42 Å². The summed E-state index contributed by atoms with van der Waals surface area (Å²) in [6.07, 6.45) is 3.01. The van der Waals surface area contributed by atoms with Gasteiger partial charge in [0.2, 0.25) is 0 Å². The van der Waals surface area contributed by atoms with Gasteiger partial charge in [0.1, 0.15) is 0 Å². The summed E-state index contributed by atoms with van der Waals surface area (Å²) in [4.78, 5) is 1.60. The lowest BCUT2D eigenvalue weighted by molar-refractivity contribution is 0.925. The van der Waals surface area contributed by atoms with Crippen LogP contribution in [-0.4, -0.2) is 6.26 Å². The molecule has 1 unspecified atom stereocenters. The minimum atomic E-state index is 0.293. The summed E-state index contributed by atoms with van der Waals surface area (Å²) in [7, 11) is 0. The fourth-order valence-electron chi connectivity index (χ4n) is 1.89. The van der Waals surface area contributed by atoms with Crippen LogP contribution < -0.4 is 0 Å². The molecule has 2 rings (SSSR count). The van der Waals surface area contributed by atoms with Gasteiger partial charge in [-0.05, 0) is 35.9 Å². The zero-order valence-corrected chi connectivity index (χ0v) is 13.2. The number of halogens is 2. The quantitative estimate of drug-likeness (QED) is 0.504. The first-order valence-electron chi connectivity index (χ1n) is 5.72. The van der Waals surface area contributed by atoms with Crippen LogP contribution in [0.2, 0.25) is 5.02 Å². The average molecular weight is 342 g/mol. The third-order valence-electron chi connectivity index (χ3n) is 2.83. The summed E-state index contributed by atoms with van der Waals surface area (Å²) in [5, 5.41) is 0.837. The molecule has 0 saturated heterocycles. The van der Waals surface area contributed by atoms with Crippen molar-refractivity contribution in [3.8, 4) is 0 Å². The van der Waals surface area contributed by atoms with Crippen molar-refractivity contribution in [2.45, 2.75) is 16.1 Å². The number of alkyl halides is 1. The first kappa shape index (κ1) is 14.0. The fraction of sp³-hybridized carbons (Fsp3) is 0.200. The molecule has 0 heterocycles. The first-order valence-corrected chi connectivity index (χ1v) is 8.24. The van der Waals surface area contributed by atoms with Gasteiger partial charge in [0.25, 0.3) is 0 Å². The highest BCUT2D eigenvalue weighted by molar-refractivity contribution is 9.09. The predicted molar refractivity (Wildman–Crippen MR) is 85.0 cm³/mol. The van der Waals surface area contributed by atoms with E-state index >= 15 is 0 Å². The van der Waals surface area contributed by atoms with Gasteiger partial charge < -0.3 is 0 Å². The van der Waals surface area contributed by atoms with E-state index in [4.69, 9.17) is 11.6 Å². The molecule has 94 valence electrons. The molecule has 3 heteroatoms. The monoisotopic (exact) mass is 340 g/mol. The zero-order valence-electron chi connectivity index (χ0n) is 10.1. The Labute approximate surface area is 126 Å². The molecular formula is C15H14BrClS. The van der Waals surface area contributed by atoms with Gasteiger partial charge in [0.05, 0.1) is 0 Å². The van der Waals surface area contributed by atoms with Gasteiger partial charge in [-0.3, -0.25) is 0 Å². The molecule has 0 aliphatic rings. The molecule has 0 saturated carbocycles. The van der Waals surface area contributed by atoms with E-state index in [2.05, 4.69) is 52.5 Å². The van der Waals surface area contributed by atoms with Crippen molar-refractivity contribution in [3.05, 3.63) is 64.7 Å². The Bertz CT molecular complexity index is 527. The molecule has 2 aromatic rings. The SMILES string of the molecule is CSc1ccccc1C(Br)Cc1ccccc1Cl. The Morgan fingerprint density at radius 1 is 1.11 bits per heavy atom. The second-order valence-electron chi connectivity index (χ2n) is 4.01.